The zero-order valence-electron chi connectivity index (χ0n) is 14.5. The second kappa shape index (κ2) is 6.39. The van der Waals surface area contributed by atoms with Crippen LogP contribution in [0.1, 0.15) is 16.8 Å². The normalized spacial score (nSPS) is 14.5. The van der Waals surface area contributed by atoms with Gasteiger partial charge < -0.3 is 4.98 Å². The zero-order chi connectivity index (χ0) is 17.3. The van der Waals surface area contributed by atoms with Crippen LogP contribution >= 0.6 is 0 Å². The topological polar surface area (TPSA) is 44.8 Å². The van der Waals surface area contributed by atoms with Crippen molar-refractivity contribution in [2.24, 2.45) is 0 Å². The van der Waals surface area contributed by atoms with E-state index >= 15 is 0 Å². The number of nitrogens with zero attached hydrogens (tertiary/aromatic N) is 3. The lowest BCUT2D eigenvalue weighted by atomic mass is 10.1. The number of nitrogens with one attached hydrogen (secondary N) is 1. The summed E-state index contributed by atoms with van der Waals surface area (Å²) < 4.78 is 0. The van der Waals surface area contributed by atoms with Crippen LogP contribution in [0.3, 0.4) is 0 Å². The fourth-order valence-corrected chi connectivity index (χ4v) is 3.74. The van der Waals surface area contributed by atoms with Crippen molar-refractivity contribution in [3.8, 4) is 11.4 Å². The molecule has 0 radical (unpaired) electrons. The maximum absolute atomic E-state index is 4.82. The van der Waals surface area contributed by atoms with Crippen LogP contribution in [0.15, 0.2) is 67.0 Å². The predicted octanol–water partition coefficient (Wildman–Crippen LogP) is 4.18. The number of hydrogen-bond donors (Lipinski definition) is 1. The Bertz CT molecular complexity index is 1050. The van der Waals surface area contributed by atoms with Gasteiger partial charge in [0.1, 0.15) is 0 Å². The average molecular weight is 340 g/mol. The number of H-pyrrole nitrogens is 1. The molecule has 0 aliphatic carbocycles. The Morgan fingerprint density at radius 3 is 2.77 bits per heavy atom. The van der Waals surface area contributed by atoms with Crippen LogP contribution in [0.2, 0.25) is 0 Å². The summed E-state index contributed by atoms with van der Waals surface area (Å²) in [4.78, 5) is 15.3. The summed E-state index contributed by atoms with van der Waals surface area (Å²) >= 11 is 0. The minimum absolute atomic E-state index is 0.828. The van der Waals surface area contributed by atoms with Crippen molar-refractivity contribution in [2.75, 3.05) is 6.54 Å². The quantitative estimate of drug-likeness (QED) is 0.608. The van der Waals surface area contributed by atoms with Crippen LogP contribution in [-0.2, 0) is 19.5 Å². The van der Waals surface area contributed by atoms with E-state index in [-0.39, 0.29) is 0 Å². The number of aromatic amines is 1. The highest BCUT2D eigenvalue weighted by molar-refractivity contribution is 5.82. The van der Waals surface area contributed by atoms with Crippen molar-refractivity contribution in [2.45, 2.75) is 19.5 Å². The van der Waals surface area contributed by atoms with Crippen molar-refractivity contribution in [3.63, 3.8) is 0 Å². The van der Waals surface area contributed by atoms with Crippen LogP contribution < -0.4 is 0 Å². The monoisotopic (exact) mass is 340 g/mol. The van der Waals surface area contributed by atoms with Crippen molar-refractivity contribution >= 4 is 10.9 Å². The Hall–Kier alpha value is -2.98. The van der Waals surface area contributed by atoms with E-state index in [2.05, 4.69) is 57.5 Å². The van der Waals surface area contributed by atoms with E-state index in [0.717, 1.165) is 37.4 Å². The molecule has 5 rings (SSSR count). The van der Waals surface area contributed by atoms with Crippen molar-refractivity contribution in [1.29, 1.82) is 0 Å². The van der Waals surface area contributed by atoms with E-state index in [4.69, 9.17) is 4.98 Å². The number of para-hydroxylation sites is 1. The molecular weight excluding hydrogens is 320 g/mol. The number of hydrogen-bond acceptors (Lipinski definition) is 3. The molecule has 0 spiro atoms. The molecule has 4 heteroatoms. The third-order valence-corrected chi connectivity index (χ3v) is 5.11. The molecule has 0 fully saturated rings. The fourth-order valence-electron chi connectivity index (χ4n) is 3.74. The minimum Gasteiger partial charge on any atom is -0.361 e. The van der Waals surface area contributed by atoms with Gasteiger partial charge in [-0.1, -0.05) is 48.5 Å². The van der Waals surface area contributed by atoms with E-state index in [1.165, 1.54) is 27.7 Å². The SMILES string of the molecule is c1ccc(-c2ncc3c(n2)CCN(Cc2c[nH]c4ccccc24)C3)cc1. The largest absolute Gasteiger partial charge is 0.361 e. The number of fused-ring (bicyclic) bond motifs is 2. The molecule has 0 amide bonds. The Morgan fingerprint density at radius 2 is 1.85 bits per heavy atom. The summed E-state index contributed by atoms with van der Waals surface area (Å²) in [7, 11) is 0. The minimum atomic E-state index is 0.828. The second-order valence-electron chi connectivity index (χ2n) is 6.85. The third kappa shape index (κ3) is 2.78. The first-order valence-electron chi connectivity index (χ1n) is 9.04. The second-order valence-corrected chi connectivity index (χ2v) is 6.85. The Morgan fingerprint density at radius 1 is 1.00 bits per heavy atom. The number of benzene rings is 2. The van der Waals surface area contributed by atoms with Gasteiger partial charge in [-0.05, 0) is 11.6 Å². The summed E-state index contributed by atoms with van der Waals surface area (Å²) in [5, 5.41) is 1.31. The molecule has 0 unspecified atom stereocenters. The molecule has 0 saturated heterocycles. The smallest absolute Gasteiger partial charge is 0.159 e. The standard InChI is InChI=1S/C22H20N4/c1-2-6-16(7-3-1)22-24-13-18-15-26(11-10-20(18)25-22)14-17-12-23-21-9-5-4-8-19(17)21/h1-9,12-13,23H,10-11,14-15H2. The van der Waals surface area contributed by atoms with E-state index in [1.807, 2.05) is 24.4 Å². The first kappa shape index (κ1) is 15.3. The summed E-state index contributed by atoms with van der Waals surface area (Å²) in [5.41, 5.74) is 6.07. The Kier molecular flexibility index (Phi) is 3.76. The first-order valence-corrected chi connectivity index (χ1v) is 9.04. The molecule has 4 aromatic rings. The third-order valence-electron chi connectivity index (χ3n) is 5.11. The van der Waals surface area contributed by atoms with Gasteiger partial charge in [-0.15, -0.1) is 0 Å². The molecule has 0 bridgehead atoms. The van der Waals surface area contributed by atoms with Crippen LogP contribution in [0.5, 0.6) is 0 Å². The zero-order valence-corrected chi connectivity index (χ0v) is 14.5. The van der Waals surface area contributed by atoms with Gasteiger partial charge in [0.05, 0.1) is 5.69 Å². The van der Waals surface area contributed by atoms with Gasteiger partial charge in [0.2, 0.25) is 0 Å². The Balaban J connectivity index is 1.37. The highest BCUT2D eigenvalue weighted by atomic mass is 15.1. The maximum Gasteiger partial charge on any atom is 0.159 e. The van der Waals surface area contributed by atoms with Crippen LogP contribution in [0.25, 0.3) is 22.3 Å². The molecule has 1 aliphatic rings. The van der Waals surface area contributed by atoms with Crippen molar-refractivity contribution in [1.82, 2.24) is 19.9 Å². The van der Waals surface area contributed by atoms with Gasteiger partial charge in [-0.25, -0.2) is 9.97 Å². The lowest BCUT2D eigenvalue weighted by Gasteiger charge is -2.27. The van der Waals surface area contributed by atoms with E-state index in [9.17, 15) is 0 Å². The molecule has 2 aromatic carbocycles. The van der Waals surface area contributed by atoms with Gasteiger partial charge in [0, 0.05) is 60.5 Å². The van der Waals surface area contributed by atoms with Gasteiger partial charge in [-0.3, -0.25) is 4.90 Å². The van der Waals surface area contributed by atoms with E-state index in [1.54, 1.807) is 0 Å². The van der Waals surface area contributed by atoms with Gasteiger partial charge in [0.15, 0.2) is 5.82 Å². The van der Waals surface area contributed by atoms with Crippen molar-refractivity contribution < 1.29 is 0 Å². The van der Waals surface area contributed by atoms with Gasteiger partial charge in [0.25, 0.3) is 0 Å². The molecule has 0 saturated carbocycles. The van der Waals surface area contributed by atoms with Gasteiger partial charge >= 0.3 is 0 Å². The lowest BCUT2D eigenvalue weighted by Crippen LogP contribution is -2.30. The number of aromatic nitrogens is 3. The van der Waals surface area contributed by atoms with Crippen LogP contribution in [0.4, 0.5) is 0 Å². The van der Waals surface area contributed by atoms with Crippen LogP contribution in [-0.4, -0.2) is 26.4 Å². The summed E-state index contributed by atoms with van der Waals surface area (Å²) in [6, 6.07) is 18.7. The molecule has 4 nitrogen and oxygen atoms in total. The fraction of sp³-hybridized carbons (Fsp3) is 0.182. The average Bonchev–Trinajstić information content (AvgIpc) is 3.11. The molecule has 26 heavy (non-hydrogen) atoms. The van der Waals surface area contributed by atoms with Crippen LogP contribution in [0, 0.1) is 0 Å². The number of rotatable bonds is 3. The molecule has 3 heterocycles. The molecular formula is C22H20N4. The molecule has 128 valence electrons. The molecule has 0 atom stereocenters. The van der Waals surface area contributed by atoms with E-state index < -0.39 is 0 Å². The highest BCUT2D eigenvalue weighted by Crippen LogP contribution is 2.24. The molecule has 2 aromatic heterocycles. The highest BCUT2D eigenvalue weighted by Gasteiger charge is 2.19. The van der Waals surface area contributed by atoms with Crippen molar-refractivity contribution in [3.05, 3.63) is 83.8 Å². The summed E-state index contributed by atoms with van der Waals surface area (Å²) in [6.07, 6.45) is 5.11. The Labute approximate surface area is 152 Å². The summed E-state index contributed by atoms with van der Waals surface area (Å²) in [5.74, 6) is 0.828. The molecule has 1 aliphatic heterocycles. The lowest BCUT2D eigenvalue weighted by molar-refractivity contribution is 0.244. The van der Waals surface area contributed by atoms with E-state index in [0.29, 0.717) is 0 Å². The predicted molar refractivity (Wildman–Crippen MR) is 104 cm³/mol. The summed E-state index contributed by atoms with van der Waals surface area (Å²) in [6.45, 7) is 2.88. The maximum atomic E-state index is 4.82. The van der Waals surface area contributed by atoms with Gasteiger partial charge in [-0.2, -0.15) is 0 Å². The first-order chi connectivity index (χ1) is 12.9. The molecule has 1 N–H and O–H groups in total.